The van der Waals surface area contributed by atoms with Crippen molar-refractivity contribution in [2.24, 2.45) is 5.41 Å². The minimum Gasteiger partial charge on any atom is -0.481 e. The van der Waals surface area contributed by atoms with Crippen molar-refractivity contribution >= 4 is 28.3 Å². The maximum Gasteiger partial charge on any atom is 0.311 e. The first-order valence-corrected chi connectivity index (χ1v) is 7.10. The number of nitrogens with zero attached hydrogens (tertiary/aromatic N) is 1. The molecule has 0 atom stereocenters. The largest absolute Gasteiger partial charge is 0.481 e. The minimum atomic E-state index is -0.816. The van der Waals surface area contributed by atoms with Gasteiger partial charge in [-0.1, -0.05) is 12.8 Å². The van der Waals surface area contributed by atoms with Gasteiger partial charge in [-0.25, -0.2) is 4.98 Å². The van der Waals surface area contributed by atoms with Crippen molar-refractivity contribution in [2.75, 3.05) is 12.3 Å². The molecule has 1 aromatic rings. The van der Waals surface area contributed by atoms with Crippen LogP contribution in [0.15, 0.2) is 5.38 Å². The number of nitrogens with two attached hydrogens (primary N) is 1. The van der Waals surface area contributed by atoms with Crippen molar-refractivity contribution in [1.29, 1.82) is 0 Å². The monoisotopic (exact) mass is 283 g/mol. The first kappa shape index (κ1) is 13.8. The number of rotatable bonds is 5. The van der Waals surface area contributed by atoms with E-state index in [0.29, 0.717) is 23.7 Å². The lowest BCUT2D eigenvalue weighted by Gasteiger charge is -2.23. The number of amides is 1. The molecule has 0 aliphatic heterocycles. The van der Waals surface area contributed by atoms with Crippen molar-refractivity contribution in [2.45, 2.75) is 32.1 Å². The Morgan fingerprint density at radius 1 is 1.47 bits per heavy atom. The number of aliphatic carboxylic acids is 1. The van der Waals surface area contributed by atoms with Crippen LogP contribution in [0.4, 0.5) is 5.13 Å². The van der Waals surface area contributed by atoms with Gasteiger partial charge in [0.1, 0.15) is 0 Å². The SMILES string of the molecule is Nc1nc(CC(=O)NCC2(C(=O)O)CCCC2)cs1. The molecule has 1 heterocycles. The fourth-order valence-corrected chi connectivity index (χ4v) is 2.98. The fraction of sp³-hybridized carbons (Fsp3) is 0.583. The molecule has 0 aromatic carbocycles. The minimum absolute atomic E-state index is 0.142. The number of carboxylic acids is 1. The van der Waals surface area contributed by atoms with E-state index in [2.05, 4.69) is 10.3 Å². The third kappa shape index (κ3) is 3.23. The number of anilines is 1. The molecule has 7 heteroatoms. The summed E-state index contributed by atoms with van der Waals surface area (Å²) < 4.78 is 0. The number of nitrogens with one attached hydrogen (secondary N) is 1. The van der Waals surface area contributed by atoms with Crippen LogP contribution in [0.25, 0.3) is 0 Å². The summed E-state index contributed by atoms with van der Waals surface area (Å²) in [7, 11) is 0. The second-order valence-corrected chi connectivity index (χ2v) is 5.81. The van der Waals surface area contributed by atoms with Crippen molar-refractivity contribution in [3.8, 4) is 0 Å². The molecule has 0 unspecified atom stereocenters. The molecule has 1 aromatic heterocycles. The lowest BCUT2D eigenvalue weighted by Crippen LogP contribution is -2.41. The zero-order chi connectivity index (χ0) is 13.9. The van der Waals surface area contributed by atoms with E-state index in [1.807, 2.05) is 0 Å². The molecule has 0 radical (unpaired) electrons. The highest BCUT2D eigenvalue weighted by atomic mass is 32.1. The molecule has 6 nitrogen and oxygen atoms in total. The van der Waals surface area contributed by atoms with Gasteiger partial charge in [-0.2, -0.15) is 0 Å². The standard InChI is InChI=1S/C12H17N3O3S/c13-11-15-8(6-19-11)5-9(16)14-7-12(10(17)18)3-1-2-4-12/h6H,1-5,7H2,(H2,13,15)(H,14,16)(H,17,18). The Bertz CT molecular complexity index is 480. The summed E-state index contributed by atoms with van der Waals surface area (Å²) in [4.78, 5) is 27.1. The first-order chi connectivity index (χ1) is 9.02. The molecule has 2 rings (SSSR count). The van der Waals surface area contributed by atoms with Gasteiger partial charge in [-0.15, -0.1) is 11.3 Å². The number of hydrogen-bond acceptors (Lipinski definition) is 5. The van der Waals surface area contributed by atoms with Crippen LogP contribution in [-0.2, 0) is 16.0 Å². The van der Waals surface area contributed by atoms with Gasteiger partial charge in [0.25, 0.3) is 0 Å². The lowest BCUT2D eigenvalue weighted by molar-refractivity contribution is -0.148. The van der Waals surface area contributed by atoms with Crippen LogP contribution in [0.3, 0.4) is 0 Å². The number of carbonyl (C=O) groups excluding carboxylic acids is 1. The average Bonchev–Trinajstić information content (AvgIpc) is 2.97. The van der Waals surface area contributed by atoms with Crippen LogP contribution in [0.1, 0.15) is 31.4 Å². The molecule has 4 N–H and O–H groups in total. The number of hydrogen-bond donors (Lipinski definition) is 3. The van der Waals surface area contributed by atoms with Gasteiger partial charge in [0.2, 0.25) is 5.91 Å². The molecule has 1 saturated carbocycles. The zero-order valence-electron chi connectivity index (χ0n) is 10.5. The highest BCUT2D eigenvalue weighted by Gasteiger charge is 2.41. The average molecular weight is 283 g/mol. The molecule has 19 heavy (non-hydrogen) atoms. The molecule has 0 saturated heterocycles. The summed E-state index contributed by atoms with van der Waals surface area (Å²) in [6.07, 6.45) is 3.22. The summed E-state index contributed by atoms with van der Waals surface area (Å²) in [5.74, 6) is -1.03. The fourth-order valence-electron chi connectivity index (χ4n) is 2.42. The van der Waals surface area contributed by atoms with Crippen LogP contribution in [-0.4, -0.2) is 28.5 Å². The van der Waals surface area contributed by atoms with Gasteiger partial charge < -0.3 is 16.2 Å². The van der Waals surface area contributed by atoms with E-state index >= 15 is 0 Å². The highest BCUT2D eigenvalue weighted by molar-refractivity contribution is 7.13. The van der Waals surface area contributed by atoms with E-state index in [1.165, 1.54) is 11.3 Å². The van der Waals surface area contributed by atoms with E-state index in [4.69, 9.17) is 5.73 Å². The Hall–Kier alpha value is -1.63. The van der Waals surface area contributed by atoms with Gasteiger partial charge in [0.05, 0.1) is 17.5 Å². The van der Waals surface area contributed by atoms with Gasteiger partial charge in [0.15, 0.2) is 5.13 Å². The summed E-state index contributed by atoms with van der Waals surface area (Å²) in [5.41, 5.74) is 5.33. The molecule has 104 valence electrons. The van der Waals surface area contributed by atoms with Crippen LogP contribution >= 0.6 is 11.3 Å². The summed E-state index contributed by atoms with van der Waals surface area (Å²) in [5, 5.41) is 14.2. The third-order valence-corrected chi connectivity index (χ3v) is 4.27. The van der Waals surface area contributed by atoms with Crippen molar-refractivity contribution < 1.29 is 14.7 Å². The molecule has 1 amide bonds. The number of carbonyl (C=O) groups is 2. The number of thiazole rings is 1. The Morgan fingerprint density at radius 2 is 2.16 bits per heavy atom. The normalized spacial score (nSPS) is 17.3. The number of nitrogen functional groups attached to an aromatic ring is 1. The molecule has 0 spiro atoms. The molecule has 1 aliphatic carbocycles. The molecule has 1 fully saturated rings. The van der Waals surface area contributed by atoms with E-state index in [1.54, 1.807) is 5.38 Å². The van der Waals surface area contributed by atoms with E-state index in [0.717, 1.165) is 12.8 Å². The van der Waals surface area contributed by atoms with Gasteiger partial charge >= 0.3 is 5.97 Å². The van der Waals surface area contributed by atoms with Crippen LogP contribution in [0.5, 0.6) is 0 Å². The summed E-state index contributed by atoms with van der Waals surface area (Å²) in [6, 6.07) is 0. The quantitative estimate of drug-likeness (QED) is 0.748. The predicted molar refractivity (Wildman–Crippen MR) is 71.8 cm³/mol. The van der Waals surface area contributed by atoms with Crippen molar-refractivity contribution in [3.63, 3.8) is 0 Å². The maximum absolute atomic E-state index is 11.8. The topological polar surface area (TPSA) is 105 Å². The van der Waals surface area contributed by atoms with Crippen molar-refractivity contribution in [3.05, 3.63) is 11.1 Å². The van der Waals surface area contributed by atoms with Gasteiger partial charge in [-0.05, 0) is 12.8 Å². The summed E-state index contributed by atoms with van der Waals surface area (Å²) in [6.45, 7) is 0.195. The Balaban J connectivity index is 1.87. The van der Waals surface area contributed by atoms with Crippen LogP contribution in [0, 0.1) is 5.41 Å². The van der Waals surface area contributed by atoms with E-state index in [9.17, 15) is 14.7 Å². The van der Waals surface area contributed by atoms with E-state index < -0.39 is 11.4 Å². The molecule has 1 aliphatic rings. The van der Waals surface area contributed by atoms with Gasteiger partial charge in [-0.3, -0.25) is 9.59 Å². The first-order valence-electron chi connectivity index (χ1n) is 6.22. The predicted octanol–water partition coefficient (Wildman–Crippen LogP) is 1.03. The number of carboxylic acid groups (broad SMARTS) is 1. The molecule has 0 bridgehead atoms. The zero-order valence-corrected chi connectivity index (χ0v) is 11.3. The second-order valence-electron chi connectivity index (χ2n) is 4.92. The maximum atomic E-state index is 11.8. The third-order valence-electron chi connectivity index (χ3n) is 3.55. The van der Waals surface area contributed by atoms with Crippen LogP contribution in [0.2, 0.25) is 0 Å². The number of aromatic nitrogens is 1. The Labute approximate surface area is 115 Å². The second kappa shape index (κ2) is 5.56. The van der Waals surface area contributed by atoms with Gasteiger partial charge in [0, 0.05) is 11.9 Å². The van der Waals surface area contributed by atoms with Crippen molar-refractivity contribution in [1.82, 2.24) is 10.3 Å². The Morgan fingerprint density at radius 3 is 2.68 bits per heavy atom. The smallest absolute Gasteiger partial charge is 0.311 e. The lowest BCUT2D eigenvalue weighted by atomic mass is 9.86. The molecular formula is C12H17N3O3S. The summed E-state index contributed by atoms with van der Waals surface area (Å²) >= 11 is 1.29. The Kier molecular flexibility index (Phi) is 4.04. The highest BCUT2D eigenvalue weighted by Crippen LogP contribution is 2.37. The van der Waals surface area contributed by atoms with Crippen LogP contribution < -0.4 is 11.1 Å². The van der Waals surface area contributed by atoms with E-state index in [-0.39, 0.29) is 18.9 Å². The molecular weight excluding hydrogens is 266 g/mol.